The highest BCUT2D eigenvalue weighted by Crippen LogP contribution is 2.30. The quantitative estimate of drug-likeness (QED) is 0.674. The minimum atomic E-state index is 0.721. The maximum atomic E-state index is 5.80. The van der Waals surface area contributed by atoms with Gasteiger partial charge in [0, 0.05) is 27.4 Å². The van der Waals surface area contributed by atoms with Gasteiger partial charge in [-0.15, -0.1) is 0 Å². The minimum Gasteiger partial charge on any atom is -0.399 e. The molecule has 0 saturated heterocycles. The fraction of sp³-hybridized carbons (Fsp3) is 0.0625. The average molecular weight is 328 g/mol. The van der Waals surface area contributed by atoms with Crippen LogP contribution in [0.2, 0.25) is 0 Å². The summed E-state index contributed by atoms with van der Waals surface area (Å²) in [6.45, 7) is 2.07. The molecule has 3 nitrogen and oxygen atoms in total. The van der Waals surface area contributed by atoms with Crippen molar-refractivity contribution in [2.24, 2.45) is 0 Å². The molecule has 100 valence electrons. The lowest BCUT2D eigenvalue weighted by molar-refractivity contribution is 1.39. The van der Waals surface area contributed by atoms with E-state index in [-0.39, 0.29) is 0 Å². The van der Waals surface area contributed by atoms with E-state index in [0.29, 0.717) is 0 Å². The van der Waals surface area contributed by atoms with Crippen LogP contribution in [-0.4, -0.2) is 4.98 Å². The van der Waals surface area contributed by atoms with Gasteiger partial charge in [-0.05, 0) is 64.8 Å². The fourth-order valence-electron chi connectivity index (χ4n) is 2.14. The van der Waals surface area contributed by atoms with Crippen LogP contribution in [0.3, 0.4) is 0 Å². The Morgan fingerprint density at radius 2 is 1.90 bits per heavy atom. The first-order chi connectivity index (χ1) is 9.63. The van der Waals surface area contributed by atoms with E-state index in [1.54, 1.807) is 6.20 Å². The Morgan fingerprint density at radius 3 is 2.70 bits per heavy atom. The standard InChI is InChI=1S/C16H14BrN3/c1-10-2-5-15(13(17)8-10)20-14-6-7-19-16-9-11(18)3-4-12(14)16/h2-9H,18H2,1H3,(H,19,20). The number of benzene rings is 2. The Balaban J connectivity index is 2.06. The lowest BCUT2D eigenvalue weighted by Gasteiger charge is -2.11. The highest BCUT2D eigenvalue weighted by atomic mass is 79.9. The maximum absolute atomic E-state index is 5.80. The zero-order valence-electron chi connectivity index (χ0n) is 11.0. The largest absolute Gasteiger partial charge is 0.399 e. The first-order valence-electron chi connectivity index (χ1n) is 6.31. The van der Waals surface area contributed by atoms with Crippen molar-refractivity contribution in [2.75, 3.05) is 11.1 Å². The number of hydrogen-bond donors (Lipinski definition) is 2. The van der Waals surface area contributed by atoms with Crippen molar-refractivity contribution in [1.29, 1.82) is 0 Å². The summed E-state index contributed by atoms with van der Waals surface area (Å²) in [6.07, 6.45) is 1.78. The third-order valence-corrected chi connectivity index (χ3v) is 3.82. The SMILES string of the molecule is Cc1ccc(Nc2ccnc3cc(N)ccc23)c(Br)c1. The molecule has 0 atom stereocenters. The van der Waals surface area contributed by atoms with Crippen LogP contribution in [0.15, 0.2) is 53.1 Å². The van der Waals surface area contributed by atoms with Crippen LogP contribution < -0.4 is 11.1 Å². The number of aryl methyl sites for hydroxylation is 1. The number of nitrogens with zero attached hydrogens (tertiary/aromatic N) is 1. The van der Waals surface area contributed by atoms with E-state index in [2.05, 4.69) is 51.4 Å². The van der Waals surface area contributed by atoms with E-state index in [1.165, 1.54) is 5.56 Å². The number of fused-ring (bicyclic) bond motifs is 1. The molecule has 0 amide bonds. The van der Waals surface area contributed by atoms with Crippen LogP contribution in [0.4, 0.5) is 17.1 Å². The maximum Gasteiger partial charge on any atom is 0.0743 e. The summed E-state index contributed by atoms with van der Waals surface area (Å²) in [5, 5.41) is 4.48. The van der Waals surface area contributed by atoms with Gasteiger partial charge < -0.3 is 11.1 Å². The van der Waals surface area contributed by atoms with Gasteiger partial charge in [-0.25, -0.2) is 0 Å². The Bertz CT molecular complexity index is 784. The minimum absolute atomic E-state index is 0.721. The lowest BCUT2D eigenvalue weighted by Crippen LogP contribution is -1.94. The summed E-state index contributed by atoms with van der Waals surface area (Å²) >= 11 is 3.58. The molecule has 0 radical (unpaired) electrons. The topological polar surface area (TPSA) is 50.9 Å². The van der Waals surface area contributed by atoms with Gasteiger partial charge in [0.15, 0.2) is 0 Å². The second-order valence-corrected chi connectivity index (χ2v) is 5.60. The van der Waals surface area contributed by atoms with E-state index in [9.17, 15) is 0 Å². The number of nitrogen functional groups attached to an aromatic ring is 1. The molecule has 0 aliphatic carbocycles. The molecule has 0 fully saturated rings. The predicted octanol–water partition coefficient (Wildman–Crippen LogP) is 4.63. The molecule has 2 aromatic carbocycles. The van der Waals surface area contributed by atoms with Gasteiger partial charge in [-0.2, -0.15) is 0 Å². The van der Waals surface area contributed by atoms with Gasteiger partial charge in [-0.3, -0.25) is 4.98 Å². The predicted molar refractivity (Wildman–Crippen MR) is 88.3 cm³/mol. The number of hydrogen-bond acceptors (Lipinski definition) is 3. The van der Waals surface area contributed by atoms with Crippen molar-refractivity contribution >= 4 is 43.9 Å². The molecule has 1 aromatic heterocycles. The second kappa shape index (κ2) is 5.13. The molecule has 3 N–H and O–H groups in total. The third-order valence-electron chi connectivity index (χ3n) is 3.16. The molecule has 0 spiro atoms. The molecule has 0 unspecified atom stereocenters. The molecule has 0 saturated carbocycles. The average Bonchev–Trinajstić information content (AvgIpc) is 2.41. The van der Waals surface area contributed by atoms with Gasteiger partial charge in [0.2, 0.25) is 0 Å². The molecule has 3 rings (SSSR count). The number of halogens is 1. The van der Waals surface area contributed by atoms with Crippen LogP contribution in [0, 0.1) is 6.92 Å². The van der Waals surface area contributed by atoms with Crippen molar-refractivity contribution in [3.05, 3.63) is 58.7 Å². The number of nitrogens with one attached hydrogen (secondary N) is 1. The highest BCUT2D eigenvalue weighted by Gasteiger charge is 2.05. The molecule has 0 aliphatic heterocycles. The Morgan fingerprint density at radius 1 is 1.05 bits per heavy atom. The highest BCUT2D eigenvalue weighted by molar-refractivity contribution is 9.10. The molecule has 0 bridgehead atoms. The molecule has 0 aliphatic rings. The molecular weight excluding hydrogens is 314 g/mol. The molecule has 3 aromatic rings. The summed E-state index contributed by atoms with van der Waals surface area (Å²) in [5.74, 6) is 0. The first kappa shape index (κ1) is 12.9. The Labute approximate surface area is 126 Å². The van der Waals surface area contributed by atoms with Crippen molar-refractivity contribution in [3.63, 3.8) is 0 Å². The van der Waals surface area contributed by atoms with Crippen LogP contribution >= 0.6 is 15.9 Å². The smallest absolute Gasteiger partial charge is 0.0743 e. The van der Waals surface area contributed by atoms with Crippen molar-refractivity contribution in [2.45, 2.75) is 6.92 Å². The lowest BCUT2D eigenvalue weighted by atomic mass is 10.1. The Kier molecular flexibility index (Phi) is 3.32. The van der Waals surface area contributed by atoms with Gasteiger partial charge in [0.1, 0.15) is 0 Å². The van der Waals surface area contributed by atoms with Crippen LogP contribution in [0.5, 0.6) is 0 Å². The summed E-state index contributed by atoms with van der Waals surface area (Å²) in [7, 11) is 0. The monoisotopic (exact) mass is 327 g/mol. The van der Waals surface area contributed by atoms with Gasteiger partial charge in [0.25, 0.3) is 0 Å². The zero-order valence-corrected chi connectivity index (χ0v) is 12.6. The zero-order chi connectivity index (χ0) is 14.1. The van der Waals surface area contributed by atoms with Crippen LogP contribution in [-0.2, 0) is 0 Å². The molecule has 20 heavy (non-hydrogen) atoms. The summed E-state index contributed by atoms with van der Waals surface area (Å²) in [5.41, 5.74) is 10.7. The number of rotatable bonds is 2. The third kappa shape index (κ3) is 2.47. The number of anilines is 3. The normalized spacial score (nSPS) is 10.7. The van der Waals surface area contributed by atoms with Crippen LogP contribution in [0.25, 0.3) is 10.9 Å². The van der Waals surface area contributed by atoms with Crippen molar-refractivity contribution in [1.82, 2.24) is 4.98 Å². The molecule has 1 heterocycles. The summed E-state index contributed by atoms with van der Waals surface area (Å²) in [4.78, 5) is 4.35. The van der Waals surface area contributed by atoms with Gasteiger partial charge in [0.05, 0.1) is 11.2 Å². The van der Waals surface area contributed by atoms with Gasteiger partial charge >= 0.3 is 0 Å². The van der Waals surface area contributed by atoms with Crippen molar-refractivity contribution < 1.29 is 0 Å². The van der Waals surface area contributed by atoms with Crippen molar-refractivity contribution in [3.8, 4) is 0 Å². The van der Waals surface area contributed by atoms with E-state index >= 15 is 0 Å². The fourth-order valence-corrected chi connectivity index (χ4v) is 2.73. The summed E-state index contributed by atoms with van der Waals surface area (Å²) < 4.78 is 1.04. The number of aromatic nitrogens is 1. The number of pyridine rings is 1. The van der Waals surface area contributed by atoms with E-state index < -0.39 is 0 Å². The molecule has 4 heteroatoms. The van der Waals surface area contributed by atoms with E-state index in [0.717, 1.165) is 32.4 Å². The number of nitrogens with two attached hydrogens (primary N) is 1. The van der Waals surface area contributed by atoms with E-state index in [1.807, 2.05) is 24.3 Å². The molecular formula is C16H14BrN3. The summed E-state index contributed by atoms with van der Waals surface area (Å²) in [6, 6.07) is 13.9. The second-order valence-electron chi connectivity index (χ2n) is 4.74. The van der Waals surface area contributed by atoms with Crippen LogP contribution in [0.1, 0.15) is 5.56 Å². The van der Waals surface area contributed by atoms with E-state index in [4.69, 9.17) is 5.73 Å². The van der Waals surface area contributed by atoms with Gasteiger partial charge in [-0.1, -0.05) is 6.07 Å². The first-order valence-corrected chi connectivity index (χ1v) is 7.10. The Hall–Kier alpha value is -2.07.